The molecule has 8 heteroatoms. The molecule has 0 saturated heterocycles. The van der Waals surface area contributed by atoms with Crippen molar-refractivity contribution in [3.05, 3.63) is 84.6 Å². The third-order valence-electron chi connectivity index (χ3n) is 5.60. The van der Waals surface area contributed by atoms with Gasteiger partial charge in [0.2, 0.25) is 0 Å². The number of hydrogen-bond acceptors (Lipinski definition) is 4. The Balaban J connectivity index is 1.61. The van der Waals surface area contributed by atoms with Crippen LogP contribution in [0, 0.1) is 5.92 Å². The quantitative estimate of drug-likeness (QED) is 0.264. The van der Waals surface area contributed by atoms with Gasteiger partial charge in [-0.15, -0.1) is 0 Å². The summed E-state index contributed by atoms with van der Waals surface area (Å²) in [5.41, 5.74) is 0.367. The summed E-state index contributed by atoms with van der Waals surface area (Å²) in [6.45, 7) is 3.95. The van der Waals surface area contributed by atoms with E-state index in [0.717, 1.165) is 6.07 Å². The van der Waals surface area contributed by atoms with Crippen LogP contribution >= 0.6 is 0 Å². The minimum Gasteiger partial charge on any atom is -0.457 e. The minimum atomic E-state index is -4.51. The molecule has 0 unspecified atom stereocenters. The first kappa shape index (κ1) is 24.7. The minimum absolute atomic E-state index is 0.0862. The van der Waals surface area contributed by atoms with Gasteiger partial charge in [0.25, 0.3) is 0 Å². The molecule has 1 heterocycles. The van der Waals surface area contributed by atoms with Crippen LogP contribution in [0.2, 0.25) is 0 Å². The number of alkyl halides is 3. The molecule has 1 aromatic heterocycles. The highest BCUT2D eigenvalue weighted by atomic mass is 32.2. The Morgan fingerprint density at radius 3 is 2.31 bits per heavy atom. The van der Waals surface area contributed by atoms with E-state index < -0.39 is 21.6 Å². The second-order valence-electron chi connectivity index (χ2n) is 8.66. The van der Waals surface area contributed by atoms with E-state index in [1.54, 1.807) is 48.5 Å². The number of benzene rings is 3. The number of halogens is 3. The Bertz CT molecular complexity index is 1450. The highest BCUT2D eigenvalue weighted by molar-refractivity contribution is 7.91. The molecule has 0 atom stereocenters. The van der Waals surface area contributed by atoms with E-state index in [-0.39, 0.29) is 22.1 Å². The molecule has 0 aliphatic rings. The van der Waals surface area contributed by atoms with E-state index in [9.17, 15) is 21.6 Å². The smallest absolute Gasteiger partial charge is 0.418 e. The van der Waals surface area contributed by atoms with Crippen molar-refractivity contribution < 1.29 is 26.3 Å². The van der Waals surface area contributed by atoms with Gasteiger partial charge in [0.1, 0.15) is 11.5 Å². The molecule has 0 radical (unpaired) electrons. The van der Waals surface area contributed by atoms with Crippen molar-refractivity contribution in [1.29, 1.82) is 0 Å². The number of aromatic nitrogens is 1. The zero-order valence-electron chi connectivity index (χ0n) is 19.2. The number of sulfone groups is 1. The van der Waals surface area contributed by atoms with Crippen molar-refractivity contribution >= 4 is 20.7 Å². The third kappa shape index (κ3) is 5.65. The lowest BCUT2D eigenvalue weighted by Crippen LogP contribution is -2.08. The monoisotopic (exact) mass is 499 g/mol. The lowest BCUT2D eigenvalue weighted by atomic mass is 9.99. The van der Waals surface area contributed by atoms with Crippen LogP contribution in [0.5, 0.6) is 11.5 Å². The number of pyridine rings is 1. The van der Waals surface area contributed by atoms with Crippen LogP contribution in [-0.2, 0) is 16.0 Å². The molecule has 0 bridgehead atoms. The zero-order chi connectivity index (χ0) is 25.2. The van der Waals surface area contributed by atoms with Gasteiger partial charge in [-0.3, -0.25) is 4.98 Å². The second-order valence-corrected chi connectivity index (χ2v) is 10.8. The Kier molecular flexibility index (Phi) is 6.85. The van der Waals surface area contributed by atoms with Gasteiger partial charge in [-0.1, -0.05) is 38.1 Å². The van der Waals surface area contributed by atoms with Crippen LogP contribution in [0.1, 0.15) is 25.8 Å². The number of hydrogen-bond donors (Lipinski definition) is 0. The average molecular weight is 500 g/mol. The molecule has 3 aromatic carbocycles. The normalized spacial score (nSPS) is 12.3. The molecule has 0 aliphatic carbocycles. The summed E-state index contributed by atoms with van der Waals surface area (Å²) in [6.07, 6.45) is -2.56. The van der Waals surface area contributed by atoms with E-state index in [1.165, 1.54) is 24.4 Å². The fourth-order valence-electron chi connectivity index (χ4n) is 3.74. The number of rotatable bonds is 7. The highest BCUT2D eigenvalue weighted by Crippen LogP contribution is 2.37. The summed E-state index contributed by atoms with van der Waals surface area (Å²) in [5, 5.41) is 0.385. The van der Waals surface area contributed by atoms with Crippen molar-refractivity contribution in [3.63, 3.8) is 0 Å². The standard InChI is InChI=1S/C27H24F3NO3S/c1-18(2)14-16-35(32,33)22-11-9-20(10-12-22)34-21-6-3-5-19(17-21)23-13-15-31-26-24(23)7-4-8-25(26)27(28,29)30/h3-13,15,17-18H,14,16H2,1-2H3. The van der Waals surface area contributed by atoms with Crippen LogP contribution in [0.4, 0.5) is 13.2 Å². The van der Waals surface area contributed by atoms with Crippen LogP contribution in [0.15, 0.2) is 83.9 Å². The van der Waals surface area contributed by atoms with Gasteiger partial charge in [-0.05, 0) is 72.0 Å². The fraction of sp³-hybridized carbons (Fsp3) is 0.222. The summed E-state index contributed by atoms with van der Waals surface area (Å²) in [6, 6.07) is 18.9. The topological polar surface area (TPSA) is 56.3 Å². The molecule has 0 saturated carbocycles. The number of ether oxygens (including phenoxy) is 1. The first-order valence-corrected chi connectivity index (χ1v) is 12.8. The second kappa shape index (κ2) is 9.70. The van der Waals surface area contributed by atoms with Crippen LogP contribution in [0.25, 0.3) is 22.0 Å². The van der Waals surface area contributed by atoms with Crippen LogP contribution in [0.3, 0.4) is 0 Å². The van der Waals surface area contributed by atoms with E-state index in [0.29, 0.717) is 34.4 Å². The first-order valence-electron chi connectivity index (χ1n) is 11.1. The molecule has 182 valence electrons. The van der Waals surface area contributed by atoms with Crippen molar-refractivity contribution in [2.45, 2.75) is 31.3 Å². The maximum atomic E-state index is 13.4. The maximum Gasteiger partial charge on any atom is 0.418 e. The molecule has 0 amide bonds. The predicted octanol–water partition coefficient (Wildman–Crippen LogP) is 7.53. The van der Waals surface area contributed by atoms with Crippen molar-refractivity contribution in [2.24, 2.45) is 5.92 Å². The maximum absolute atomic E-state index is 13.4. The Hall–Kier alpha value is -3.39. The summed E-state index contributed by atoms with van der Waals surface area (Å²) in [7, 11) is -3.36. The van der Waals surface area contributed by atoms with E-state index in [2.05, 4.69) is 4.98 Å². The van der Waals surface area contributed by atoms with Crippen molar-refractivity contribution in [2.75, 3.05) is 5.75 Å². The van der Waals surface area contributed by atoms with Crippen LogP contribution < -0.4 is 4.74 Å². The van der Waals surface area contributed by atoms with Gasteiger partial charge in [0.05, 0.1) is 21.7 Å². The third-order valence-corrected chi connectivity index (χ3v) is 7.37. The molecular weight excluding hydrogens is 475 g/mol. The van der Waals surface area contributed by atoms with Crippen LogP contribution in [-0.4, -0.2) is 19.2 Å². The Morgan fingerprint density at radius 2 is 1.63 bits per heavy atom. The molecular formula is C27H24F3NO3S. The Morgan fingerprint density at radius 1 is 0.914 bits per heavy atom. The lowest BCUT2D eigenvalue weighted by Gasteiger charge is -2.13. The molecule has 0 fully saturated rings. The first-order chi connectivity index (χ1) is 16.5. The molecule has 4 rings (SSSR count). The van der Waals surface area contributed by atoms with Gasteiger partial charge < -0.3 is 4.74 Å². The zero-order valence-corrected chi connectivity index (χ0v) is 20.0. The number of nitrogens with zero attached hydrogens (tertiary/aromatic N) is 1. The summed E-state index contributed by atoms with van der Waals surface area (Å²) in [4.78, 5) is 4.21. The van der Waals surface area contributed by atoms with E-state index >= 15 is 0 Å². The van der Waals surface area contributed by atoms with Gasteiger partial charge in [0.15, 0.2) is 9.84 Å². The lowest BCUT2D eigenvalue weighted by molar-refractivity contribution is -0.136. The van der Waals surface area contributed by atoms with Gasteiger partial charge >= 0.3 is 6.18 Å². The van der Waals surface area contributed by atoms with Gasteiger partial charge in [0, 0.05) is 11.6 Å². The summed E-state index contributed by atoms with van der Waals surface area (Å²) in [5.74, 6) is 1.29. The van der Waals surface area contributed by atoms with E-state index in [1.807, 2.05) is 13.8 Å². The van der Waals surface area contributed by atoms with Crippen molar-refractivity contribution in [1.82, 2.24) is 4.98 Å². The molecule has 0 aliphatic heterocycles. The number of para-hydroxylation sites is 1. The van der Waals surface area contributed by atoms with Gasteiger partial charge in [-0.25, -0.2) is 8.42 Å². The molecule has 35 heavy (non-hydrogen) atoms. The average Bonchev–Trinajstić information content (AvgIpc) is 2.82. The Labute approximate surface area is 202 Å². The highest BCUT2D eigenvalue weighted by Gasteiger charge is 2.33. The molecule has 0 N–H and O–H groups in total. The largest absolute Gasteiger partial charge is 0.457 e. The molecule has 4 nitrogen and oxygen atoms in total. The molecule has 0 spiro atoms. The molecule has 4 aromatic rings. The summed E-state index contributed by atoms with van der Waals surface area (Å²) < 4.78 is 71.2. The summed E-state index contributed by atoms with van der Waals surface area (Å²) >= 11 is 0. The van der Waals surface area contributed by atoms with Crippen molar-refractivity contribution in [3.8, 4) is 22.6 Å². The predicted molar refractivity (Wildman–Crippen MR) is 130 cm³/mol. The fourth-order valence-corrected chi connectivity index (χ4v) is 5.31. The number of fused-ring (bicyclic) bond motifs is 1. The van der Waals surface area contributed by atoms with Gasteiger partial charge in [-0.2, -0.15) is 13.2 Å². The SMILES string of the molecule is CC(C)CCS(=O)(=O)c1ccc(Oc2cccc(-c3ccnc4c(C(F)(F)F)cccc34)c2)cc1. The van der Waals surface area contributed by atoms with E-state index in [4.69, 9.17) is 4.74 Å².